The molecule has 1 nitrogen and oxygen atoms in total. The Bertz CT molecular complexity index is 2350. The number of benzene rings is 8. The Hall–Kier alpha value is -5.31. The first-order chi connectivity index (χ1) is 21.8. The lowest BCUT2D eigenvalue weighted by Crippen LogP contribution is -1.97. The fraction of sp³-hybridized carbons (Fsp3) is 0. The summed E-state index contributed by atoms with van der Waals surface area (Å²) >= 11 is 1.77. The number of hydrogen-bond acceptors (Lipinski definition) is 2. The third-order valence-corrected chi connectivity index (χ3v) is 9.79. The molecule has 1 aliphatic heterocycles. The molecular weight excluding hydrogens is 553 g/mol. The Kier molecular flexibility index (Phi) is 5.82. The van der Waals surface area contributed by atoms with Crippen LogP contribution in [-0.2, 0) is 0 Å². The summed E-state index contributed by atoms with van der Waals surface area (Å²) < 4.78 is 6.58. The molecule has 0 bridgehead atoms. The number of rotatable bonds is 3. The number of ether oxygens (including phenoxy) is 1. The lowest BCUT2D eigenvalue weighted by atomic mass is 9.90. The molecule has 0 aliphatic carbocycles. The second kappa shape index (κ2) is 10.2. The Balaban J connectivity index is 1.27. The van der Waals surface area contributed by atoms with Crippen molar-refractivity contribution in [3.8, 4) is 44.9 Å². The zero-order valence-electron chi connectivity index (χ0n) is 23.8. The zero-order valence-corrected chi connectivity index (χ0v) is 24.6. The molecule has 8 aromatic carbocycles. The van der Waals surface area contributed by atoms with Gasteiger partial charge >= 0.3 is 0 Å². The summed E-state index contributed by atoms with van der Waals surface area (Å²) in [5, 5.41) is 7.71. The van der Waals surface area contributed by atoms with Crippen molar-refractivity contribution in [2.45, 2.75) is 9.79 Å². The summed E-state index contributed by atoms with van der Waals surface area (Å²) in [4.78, 5) is 2.28. The molecule has 0 saturated carbocycles. The molecule has 2 heteroatoms. The lowest BCUT2D eigenvalue weighted by molar-refractivity contribution is 0.456. The van der Waals surface area contributed by atoms with Crippen molar-refractivity contribution in [3.05, 3.63) is 158 Å². The van der Waals surface area contributed by atoms with Gasteiger partial charge in [0.25, 0.3) is 0 Å². The van der Waals surface area contributed by atoms with Gasteiger partial charge in [-0.15, -0.1) is 0 Å². The van der Waals surface area contributed by atoms with Crippen molar-refractivity contribution >= 4 is 44.1 Å². The molecule has 206 valence electrons. The Morgan fingerprint density at radius 3 is 1.66 bits per heavy atom. The molecule has 1 aliphatic rings. The van der Waals surface area contributed by atoms with Crippen LogP contribution in [0.3, 0.4) is 0 Å². The Morgan fingerprint density at radius 2 is 0.909 bits per heavy atom. The van der Waals surface area contributed by atoms with Gasteiger partial charge in [0.05, 0.1) is 9.79 Å². The van der Waals surface area contributed by atoms with E-state index in [1.807, 2.05) is 6.07 Å². The van der Waals surface area contributed by atoms with Crippen molar-refractivity contribution in [1.82, 2.24) is 0 Å². The quantitative estimate of drug-likeness (QED) is 0.193. The van der Waals surface area contributed by atoms with Crippen LogP contribution in [0.15, 0.2) is 168 Å². The fourth-order valence-electron chi connectivity index (χ4n) is 6.61. The van der Waals surface area contributed by atoms with Crippen molar-refractivity contribution in [2.75, 3.05) is 0 Å². The average Bonchev–Trinajstić information content (AvgIpc) is 3.10. The van der Waals surface area contributed by atoms with Gasteiger partial charge < -0.3 is 4.74 Å². The van der Waals surface area contributed by atoms with E-state index in [2.05, 4.69) is 152 Å². The molecular formula is C42H26OS. The first-order valence-electron chi connectivity index (χ1n) is 14.9. The molecule has 0 saturated heterocycles. The van der Waals surface area contributed by atoms with Gasteiger partial charge in [-0.05, 0) is 103 Å². The van der Waals surface area contributed by atoms with E-state index in [0.717, 1.165) is 32.4 Å². The first kappa shape index (κ1) is 25.2. The highest BCUT2D eigenvalue weighted by atomic mass is 32.2. The second-order valence-corrected chi connectivity index (χ2v) is 12.4. The molecule has 1 heterocycles. The minimum Gasteiger partial charge on any atom is -0.454 e. The summed E-state index contributed by atoms with van der Waals surface area (Å²) in [6.07, 6.45) is 0. The third-order valence-electron chi connectivity index (χ3n) is 8.69. The van der Waals surface area contributed by atoms with E-state index in [1.165, 1.54) is 54.6 Å². The van der Waals surface area contributed by atoms with Crippen LogP contribution < -0.4 is 4.74 Å². The summed E-state index contributed by atoms with van der Waals surface area (Å²) in [7, 11) is 0. The van der Waals surface area contributed by atoms with Gasteiger partial charge in [-0.3, -0.25) is 0 Å². The summed E-state index contributed by atoms with van der Waals surface area (Å²) in [5.74, 6) is 1.83. The highest BCUT2D eigenvalue weighted by Crippen LogP contribution is 2.51. The van der Waals surface area contributed by atoms with Gasteiger partial charge in [0.2, 0.25) is 0 Å². The van der Waals surface area contributed by atoms with Crippen LogP contribution in [0.25, 0.3) is 65.7 Å². The van der Waals surface area contributed by atoms with Gasteiger partial charge in [0.1, 0.15) is 11.5 Å². The van der Waals surface area contributed by atoms with Gasteiger partial charge in [-0.1, -0.05) is 127 Å². The third kappa shape index (κ3) is 4.11. The van der Waals surface area contributed by atoms with Crippen molar-refractivity contribution in [1.29, 1.82) is 0 Å². The minimum atomic E-state index is 0.908. The molecule has 9 rings (SSSR count). The molecule has 0 N–H and O–H groups in total. The molecule has 0 unspecified atom stereocenters. The summed E-state index contributed by atoms with van der Waals surface area (Å²) in [6.45, 7) is 0. The molecule has 0 amide bonds. The molecule has 0 atom stereocenters. The van der Waals surface area contributed by atoms with Crippen LogP contribution >= 0.6 is 11.8 Å². The molecule has 8 aromatic rings. The minimum absolute atomic E-state index is 0.908. The maximum atomic E-state index is 6.58. The predicted octanol–water partition coefficient (Wildman–Crippen LogP) is 12.4. The van der Waals surface area contributed by atoms with Crippen LogP contribution in [0.1, 0.15) is 0 Å². The highest BCUT2D eigenvalue weighted by molar-refractivity contribution is 7.99. The SMILES string of the molecule is c1ccc(-c2cc(-c3ccc4c5ccccc5c5ccccc5c4c3)cc(-c3cccc4c3Oc3ccccc3S4)c2)cc1. The van der Waals surface area contributed by atoms with Crippen LogP contribution in [0.5, 0.6) is 11.5 Å². The van der Waals surface area contributed by atoms with E-state index < -0.39 is 0 Å². The van der Waals surface area contributed by atoms with E-state index in [0.29, 0.717) is 0 Å². The molecule has 44 heavy (non-hydrogen) atoms. The average molecular weight is 579 g/mol. The van der Waals surface area contributed by atoms with Crippen LogP contribution in [0, 0.1) is 0 Å². The van der Waals surface area contributed by atoms with Crippen molar-refractivity contribution < 1.29 is 4.74 Å². The van der Waals surface area contributed by atoms with Gasteiger partial charge in [-0.25, -0.2) is 0 Å². The topological polar surface area (TPSA) is 9.23 Å². The normalized spacial score (nSPS) is 12.2. The first-order valence-corrected chi connectivity index (χ1v) is 15.7. The highest BCUT2D eigenvalue weighted by Gasteiger charge is 2.22. The number of para-hydroxylation sites is 2. The van der Waals surface area contributed by atoms with E-state index in [4.69, 9.17) is 4.74 Å². The molecule has 0 spiro atoms. The van der Waals surface area contributed by atoms with Crippen LogP contribution in [0.4, 0.5) is 0 Å². The van der Waals surface area contributed by atoms with E-state index in [-0.39, 0.29) is 0 Å². The van der Waals surface area contributed by atoms with Gasteiger partial charge in [0.15, 0.2) is 0 Å². The standard InChI is InChI=1S/C42H26OS/c1-2-11-27(12-3-1)29-23-30(25-31(24-29)32-17-10-20-41-42(32)43-39-18-8-9-19-40(39)44-41)28-21-22-37-35-15-5-4-13-33(35)34-14-6-7-16-36(34)38(37)26-28/h1-26H. The van der Waals surface area contributed by atoms with E-state index >= 15 is 0 Å². The largest absolute Gasteiger partial charge is 0.454 e. The lowest BCUT2D eigenvalue weighted by Gasteiger charge is -2.22. The number of fused-ring (bicyclic) bond motifs is 8. The van der Waals surface area contributed by atoms with Gasteiger partial charge in [0, 0.05) is 5.56 Å². The maximum Gasteiger partial charge on any atom is 0.149 e. The smallest absolute Gasteiger partial charge is 0.149 e. The van der Waals surface area contributed by atoms with E-state index in [1.54, 1.807) is 11.8 Å². The van der Waals surface area contributed by atoms with Gasteiger partial charge in [-0.2, -0.15) is 0 Å². The van der Waals surface area contributed by atoms with Crippen LogP contribution in [0.2, 0.25) is 0 Å². The van der Waals surface area contributed by atoms with Crippen molar-refractivity contribution in [2.24, 2.45) is 0 Å². The maximum absolute atomic E-state index is 6.58. The Morgan fingerprint density at radius 1 is 0.341 bits per heavy atom. The summed E-state index contributed by atoms with van der Waals surface area (Å²) in [5.41, 5.74) is 6.99. The van der Waals surface area contributed by atoms with Crippen molar-refractivity contribution in [3.63, 3.8) is 0 Å². The molecule has 0 aromatic heterocycles. The van der Waals surface area contributed by atoms with E-state index in [9.17, 15) is 0 Å². The fourth-order valence-corrected chi connectivity index (χ4v) is 7.60. The summed E-state index contributed by atoms with van der Waals surface area (Å²) in [6, 6.07) is 56.8. The monoisotopic (exact) mass is 578 g/mol. The van der Waals surface area contributed by atoms with Crippen LogP contribution in [-0.4, -0.2) is 0 Å². The second-order valence-electron chi connectivity index (χ2n) is 11.3. The Labute approximate surface area is 260 Å². The molecule has 0 fully saturated rings. The molecule has 0 radical (unpaired) electrons. The number of hydrogen-bond donors (Lipinski definition) is 0. The predicted molar refractivity (Wildman–Crippen MR) is 186 cm³/mol. The zero-order chi connectivity index (χ0) is 29.0.